The van der Waals surface area contributed by atoms with E-state index in [2.05, 4.69) is 63.4 Å². The van der Waals surface area contributed by atoms with Crippen LogP contribution in [0.3, 0.4) is 0 Å². The number of rotatable bonds is 6. The minimum absolute atomic E-state index is 0.748. The molecule has 5 heteroatoms. The number of benzene rings is 2. The molecule has 2 fully saturated rings. The normalized spacial score (nSPS) is 18.8. The highest BCUT2D eigenvalue weighted by Crippen LogP contribution is 2.33. The molecule has 0 atom stereocenters. The molecule has 0 bridgehead atoms. The topological polar surface area (TPSA) is 29.8 Å². The lowest BCUT2D eigenvalue weighted by molar-refractivity contribution is 0.0363. The summed E-state index contributed by atoms with van der Waals surface area (Å²) in [7, 11) is 0. The highest BCUT2D eigenvalue weighted by molar-refractivity contribution is 7.07. The molecular formula is C27H33N3OS. The summed E-state index contributed by atoms with van der Waals surface area (Å²) in [4.78, 5) is 8.54. The van der Waals surface area contributed by atoms with E-state index in [0.29, 0.717) is 0 Å². The summed E-state index contributed by atoms with van der Waals surface area (Å²) in [6.07, 6.45) is 6.85. The minimum atomic E-state index is 0.748. The maximum atomic E-state index is 5.53. The van der Waals surface area contributed by atoms with Crippen molar-refractivity contribution in [2.45, 2.75) is 44.6 Å². The van der Waals surface area contributed by atoms with Gasteiger partial charge in [-0.2, -0.15) is 0 Å². The van der Waals surface area contributed by atoms with Gasteiger partial charge in [0.05, 0.1) is 24.6 Å². The Kier molecular flexibility index (Phi) is 7.17. The van der Waals surface area contributed by atoms with Crippen LogP contribution in [0.1, 0.15) is 43.6 Å². The largest absolute Gasteiger partial charge is 0.379 e. The van der Waals surface area contributed by atoms with Gasteiger partial charge in [0.15, 0.2) is 4.80 Å². The standard InChI is InChI=1S/C27H33N3OS/c1-3-7-22(8-4-1)23-11-13-24(14-12-23)26-21-32-27(28-25-9-5-2-6-10-25)30(26)16-15-29-17-19-31-20-18-29/h2,5-6,9-14,21-22H,1,3-4,7-8,15-20H2. The molecule has 0 unspecified atom stereocenters. The van der Waals surface area contributed by atoms with Crippen LogP contribution in [0.2, 0.25) is 0 Å². The summed E-state index contributed by atoms with van der Waals surface area (Å²) < 4.78 is 7.93. The Balaban J connectivity index is 1.43. The number of hydrogen-bond donors (Lipinski definition) is 0. The molecule has 1 saturated carbocycles. The van der Waals surface area contributed by atoms with Crippen LogP contribution in [0.15, 0.2) is 65.0 Å². The van der Waals surface area contributed by atoms with Crippen LogP contribution in [-0.2, 0) is 11.3 Å². The highest BCUT2D eigenvalue weighted by atomic mass is 32.1. The van der Waals surface area contributed by atoms with E-state index in [1.54, 1.807) is 11.3 Å². The predicted octanol–water partition coefficient (Wildman–Crippen LogP) is 5.83. The summed E-state index contributed by atoms with van der Waals surface area (Å²) in [6, 6.07) is 19.7. The second-order valence-electron chi connectivity index (χ2n) is 8.91. The quantitative estimate of drug-likeness (QED) is 0.476. The molecule has 0 spiro atoms. The number of hydrogen-bond acceptors (Lipinski definition) is 4. The molecule has 1 aliphatic carbocycles. The van der Waals surface area contributed by atoms with Gasteiger partial charge in [0.25, 0.3) is 0 Å². The summed E-state index contributed by atoms with van der Waals surface area (Å²) in [5.74, 6) is 0.748. The van der Waals surface area contributed by atoms with Gasteiger partial charge in [0, 0.05) is 31.6 Å². The molecule has 1 aromatic heterocycles. The second-order valence-corrected chi connectivity index (χ2v) is 9.75. The van der Waals surface area contributed by atoms with E-state index in [0.717, 1.165) is 55.8 Å². The highest BCUT2D eigenvalue weighted by Gasteiger charge is 2.17. The van der Waals surface area contributed by atoms with Gasteiger partial charge in [-0.25, -0.2) is 4.99 Å². The fourth-order valence-corrected chi connectivity index (χ4v) is 5.86. The van der Waals surface area contributed by atoms with Crippen LogP contribution in [0.25, 0.3) is 11.3 Å². The third kappa shape index (κ3) is 5.22. The van der Waals surface area contributed by atoms with Crippen molar-refractivity contribution in [3.8, 4) is 11.3 Å². The maximum absolute atomic E-state index is 5.53. The van der Waals surface area contributed by atoms with Gasteiger partial charge in [0.2, 0.25) is 0 Å². The third-order valence-corrected chi connectivity index (χ3v) is 7.67. The minimum Gasteiger partial charge on any atom is -0.379 e. The molecule has 1 saturated heterocycles. The number of nitrogens with zero attached hydrogens (tertiary/aromatic N) is 3. The van der Waals surface area contributed by atoms with Crippen molar-refractivity contribution in [3.05, 3.63) is 70.3 Å². The summed E-state index contributed by atoms with van der Waals surface area (Å²) in [6.45, 7) is 5.67. The molecule has 168 valence electrons. The molecule has 0 N–H and O–H groups in total. The number of thiazole rings is 1. The first kappa shape index (κ1) is 21.6. The van der Waals surface area contributed by atoms with Crippen molar-refractivity contribution >= 4 is 17.0 Å². The van der Waals surface area contributed by atoms with Crippen molar-refractivity contribution in [1.82, 2.24) is 9.47 Å². The third-order valence-electron chi connectivity index (χ3n) is 6.81. The predicted molar refractivity (Wildman–Crippen MR) is 132 cm³/mol. The Morgan fingerprint density at radius 1 is 0.875 bits per heavy atom. The van der Waals surface area contributed by atoms with Gasteiger partial charge in [-0.15, -0.1) is 11.3 Å². The molecule has 32 heavy (non-hydrogen) atoms. The first-order chi connectivity index (χ1) is 15.9. The van der Waals surface area contributed by atoms with Crippen LogP contribution in [0.5, 0.6) is 0 Å². The first-order valence-corrected chi connectivity index (χ1v) is 12.9. The van der Waals surface area contributed by atoms with E-state index >= 15 is 0 Å². The van der Waals surface area contributed by atoms with Gasteiger partial charge in [-0.1, -0.05) is 61.7 Å². The lowest BCUT2D eigenvalue weighted by Crippen LogP contribution is -2.39. The van der Waals surface area contributed by atoms with Crippen LogP contribution < -0.4 is 4.80 Å². The lowest BCUT2D eigenvalue weighted by Gasteiger charge is -2.27. The number of morpholine rings is 1. The molecule has 2 aromatic carbocycles. The summed E-state index contributed by atoms with van der Waals surface area (Å²) in [5, 5.41) is 2.27. The monoisotopic (exact) mass is 447 g/mol. The average Bonchev–Trinajstić information content (AvgIpc) is 3.27. The molecule has 2 aliphatic rings. The van der Waals surface area contributed by atoms with Crippen molar-refractivity contribution in [2.75, 3.05) is 32.8 Å². The zero-order valence-electron chi connectivity index (χ0n) is 18.8. The van der Waals surface area contributed by atoms with Gasteiger partial charge in [-0.05, 0) is 42.0 Å². The summed E-state index contributed by atoms with van der Waals surface area (Å²) >= 11 is 1.74. The Bertz CT molecular complexity index is 1040. The summed E-state index contributed by atoms with van der Waals surface area (Å²) in [5.41, 5.74) is 5.08. The molecule has 0 radical (unpaired) electrons. The van der Waals surface area contributed by atoms with Gasteiger partial charge < -0.3 is 9.30 Å². The molecule has 3 aromatic rings. The second kappa shape index (κ2) is 10.6. The molecular weight excluding hydrogens is 414 g/mol. The average molecular weight is 448 g/mol. The van der Waals surface area contributed by atoms with E-state index < -0.39 is 0 Å². The Morgan fingerprint density at radius 3 is 2.38 bits per heavy atom. The lowest BCUT2D eigenvalue weighted by atomic mass is 9.84. The number of aromatic nitrogens is 1. The van der Waals surface area contributed by atoms with Crippen molar-refractivity contribution in [1.29, 1.82) is 0 Å². The fraction of sp³-hybridized carbons (Fsp3) is 0.444. The first-order valence-electron chi connectivity index (χ1n) is 12.1. The zero-order valence-corrected chi connectivity index (χ0v) is 19.6. The van der Waals surface area contributed by atoms with Crippen LogP contribution >= 0.6 is 11.3 Å². The zero-order chi connectivity index (χ0) is 21.6. The number of ether oxygens (including phenoxy) is 1. The van der Waals surface area contributed by atoms with Crippen molar-refractivity contribution in [3.63, 3.8) is 0 Å². The smallest absolute Gasteiger partial charge is 0.190 e. The van der Waals surface area contributed by atoms with Crippen LogP contribution in [0.4, 0.5) is 5.69 Å². The van der Waals surface area contributed by atoms with E-state index in [9.17, 15) is 0 Å². The van der Waals surface area contributed by atoms with Crippen molar-refractivity contribution < 1.29 is 4.74 Å². The van der Waals surface area contributed by atoms with Gasteiger partial charge in [0.1, 0.15) is 0 Å². The van der Waals surface area contributed by atoms with Crippen molar-refractivity contribution in [2.24, 2.45) is 4.99 Å². The number of para-hydroxylation sites is 1. The van der Waals surface area contributed by atoms with E-state index in [1.807, 2.05) is 6.07 Å². The maximum Gasteiger partial charge on any atom is 0.190 e. The molecule has 1 aliphatic heterocycles. The van der Waals surface area contributed by atoms with Gasteiger partial charge >= 0.3 is 0 Å². The molecule has 0 amide bonds. The van der Waals surface area contributed by atoms with E-state index in [1.165, 1.54) is 48.9 Å². The van der Waals surface area contributed by atoms with Gasteiger partial charge in [-0.3, -0.25) is 4.90 Å². The Hall–Kier alpha value is -2.21. The molecule has 2 heterocycles. The van der Waals surface area contributed by atoms with Crippen LogP contribution in [-0.4, -0.2) is 42.3 Å². The van der Waals surface area contributed by atoms with E-state index in [4.69, 9.17) is 9.73 Å². The Labute approximate surface area is 195 Å². The van der Waals surface area contributed by atoms with E-state index in [-0.39, 0.29) is 0 Å². The SMILES string of the molecule is c1ccc(N=c2scc(-c3ccc(C4CCCCC4)cc3)n2CCN2CCOCC2)cc1. The molecule has 5 rings (SSSR count). The van der Waals surface area contributed by atoms with Crippen LogP contribution in [0, 0.1) is 0 Å². The fourth-order valence-electron chi connectivity index (χ4n) is 4.91. The Morgan fingerprint density at radius 2 is 1.62 bits per heavy atom. The molecule has 4 nitrogen and oxygen atoms in total.